The quantitative estimate of drug-likeness (QED) is 0.213. The molecule has 1 heterocycles. The molecule has 0 bridgehead atoms. The maximum atomic E-state index is 10.5. The van der Waals surface area contributed by atoms with Crippen LogP contribution in [0.15, 0.2) is 60.5 Å². The Morgan fingerprint density at radius 2 is 1.48 bits per heavy atom. The van der Waals surface area contributed by atoms with Gasteiger partial charge in [-0.15, -0.1) is 0 Å². The molecule has 1 aromatic rings. The Kier molecular flexibility index (Phi) is 12.4. The molecule has 1 aliphatic heterocycles. The predicted octanol–water partition coefficient (Wildman–Crippen LogP) is -1.88. The van der Waals surface area contributed by atoms with Gasteiger partial charge in [0.2, 0.25) is 0 Å². The number of esters is 2. The van der Waals surface area contributed by atoms with E-state index in [1.807, 2.05) is 0 Å². The summed E-state index contributed by atoms with van der Waals surface area (Å²) in [5.74, 6) is -2.14. The maximum Gasteiger partial charge on any atom is 1.00 e. The van der Waals surface area contributed by atoms with Gasteiger partial charge in [-0.25, -0.2) is 22.8 Å². The minimum Gasteiger partial charge on any atom is -0.744 e. The molecule has 1 aromatic carbocycles. The second-order valence-corrected chi connectivity index (χ2v) is 5.22. The minimum atomic E-state index is -4.31. The molecule has 0 atom stereocenters. The number of hydrogen-bond acceptors (Lipinski definition) is 7. The minimum absolute atomic E-state index is 0. The van der Waals surface area contributed by atoms with Crippen molar-refractivity contribution in [2.75, 3.05) is 0 Å². The summed E-state index contributed by atoms with van der Waals surface area (Å²) in [6.45, 7) is 6.46. The second kappa shape index (κ2) is 12.3. The summed E-state index contributed by atoms with van der Waals surface area (Å²) in [7, 11) is -4.31. The first kappa shape index (κ1) is 25.2. The Labute approximate surface area is 166 Å². The second-order valence-electron chi connectivity index (χ2n) is 3.84. The van der Waals surface area contributed by atoms with Gasteiger partial charge in [-0.2, -0.15) is 0 Å². The molecule has 0 amide bonds. The molecule has 8 nitrogen and oxygen atoms in total. The number of hydrogen-bond donors (Lipinski definition) is 1. The Morgan fingerprint density at radius 3 is 1.68 bits per heavy atom. The zero-order valence-corrected chi connectivity index (χ0v) is 16.1. The molecule has 10 heteroatoms. The molecule has 128 valence electrons. The average molecular weight is 376 g/mol. The molecule has 0 aromatic heterocycles. The Morgan fingerprint density at radius 1 is 1.08 bits per heavy atom. The van der Waals surface area contributed by atoms with Gasteiger partial charge in [-0.05, 0) is 17.7 Å². The summed E-state index contributed by atoms with van der Waals surface area (Å²) in [5, 5.41) is 7.60. The fourth-order valence-electron chi connectivity index (χ4n) is 1.07. The molecule has 0 fully saturated rings. The zero-order chi connectivity index (χ0) is 18.8. The first-order valence-electron chi connectivity index (χ1n) is 6.07. The molecular formula is C15H13NaO8S. The summed E-state index contributed by atoms with van der Waals surface area (Å²) in [6.07, 6.45) is 4.58. The number of benzene rings is 1. The SMILES string of the molecule is C=CC(=O)O.C=Cc1ccc(S(=O)(=O)[O-])cc1.O=C1C=CC(=O)O1.[Na+]. The van der Waals surface area contributed by atoms with Gasteiger partial charge in [0.1, 0.15) is 10.1 Å². The van der Waals surface area contributed by atoms with Gasteiger partial charge in [-0.3, -0.25) is 0 Å². The molecule has 25 heavy (non-hydrogen) atoms. The number of aliphatic carboxylic acids is 1. The van der Waals surface area contributed by atoms with Crippen LogP contribution in [0.4, 0.5) is 0 Å². The monoisotopic (exact) mass is 376 g/mol. The van der Waals surface area contributed by atoms with Crippen molar-refractivity contribution in [3.63, 3.8) is 0 Å². The van der Waals surface area contributed by atoms with Crippen molar-refractivity contribution in [3.05, 3.63) is 61.2 Å². The third-order valence-corrected chi connectivity index (χ3v) is 2.99. The van der Waals surface area contributed by atoms with E-state index in [1.54, 1.807) is 6.08 Å². The number of carbonyl (C=O) groups excluding carboxylic acids is 2. The molecule has 0 saturated carbocycles. The topological polar surface area (TPSA) is 138 Å². The van der Waals surface area contributed by atoms with E-state index in [9.17, 15) is 27.4 Å². The fraction of sp³-hybridized carbons (Fsp3) is 0. The van der Waals surface area contributed by atoms with Crippen LogP contribution in [0.3, 0.4) is 0 Å². The van der Waals surface area contributed by atoms with Gasteiger partial charge in [0.05, 0.1) is 4.90 Å². The molecule has 0 aliphatic carbocycles. The van der Waals surface area contributed by atoms with Gasteiger partial charge >= 0.3 is 47.5 Å². The molecule has 1 N–H and O–H groups in total. The van der Waals surface area contributed by atoms with Crippen LogP contribution in [0.25, 0.3) is 6.08 Å². The normalized spacial score (nSPS) is 11.6. The summed E-state index contributed by atoms with van der Waals surface area (Å²) >= 11 is 0. The van der Waals surface area contributed by atoms with Crippen molar-refractivity contribution < 1.29 is 66.8 Å². The third kappa shape index (κ3) is 12.0. The maximum absolute atomic E-state index is 10.5. The van der Waals surface area contributed by atoms with Gasteiger partial charge in [-0.1, -0.05) is 31.4 Å². The van der Waals surface area contributed by atoms with Crippen molar-refractivity contribution >= 4 is 34.1 Å². The number of carbonyl (C=O) groups is 3. The van der Waals surface area contributed by atoms with Crippen molar-refractivity contribution in [1.82, 2.24) is 0 Å². The van der Waals surface area contributed by atoms with Gasteiger partial charge < -0.3 is 14.4 Å². The molecular weight excluding hydrogens is 363 g/mol. The Bertz CT molecular complexity index is 747. The van der Waals surface area contributed by atoms with Gasteiger partial charge in [0, 0.05) is 18.2 Å². The van der Waals surface area contributed by atoms with Crippen LogP contribution < -0.4 is 29.6 Å². The van der Waals surface area contributed by atoms with Crippen LogP contribution in [0.2, 0.25) is 0 Å². The third-order valence-electron chi connectivity index (χ3n) is 2.14. The van der Waals surface area contributed by atoms with E-state index < -0.39 is 28.0 Å². The van der Waals surface area contributed by atoms with E-state index in [-0.39, 0.29) is 34.5 Å². The summed E-state index contributed by atoms with van der Waals surface area (Å²) in [5.41, 5.74) is 0.780. The van der Waals surface area contributed by atoms with Gasteiger partial charge in [0.15, 0.2) is 0 Å². The van der Waals surface area contributed by atoms with E-state index >= 15 is 0 Å². The van der Waals surface area contributed by atoms with E-state index in [0.29, 0.717) is 0 Å². The van der Waals surface area contributed by atoms with Crippen LogP contribution >= 0.6 is 0 Å². The van der Waals surface area contributed by atoms with Crippen molar-refractivity contribution in [3.8, 4) is 0 Å². The Balaban J connectivity index is 0. The Hall–Kier alpha value is -2.04. The van der Waals surface area contributed by atoms with E-state index in [0.717, 1.165) is 23.8 Å². The smallest absolute Gasteiger partial charge is 0.744 e. The molecule has 0 spiro atoms. The zero-order valence-electron chi connectivity index (χ0n) is 13.2. The van der Waals surface area contributed by atoms with Crippen molar-refractivity contribution in [2.24, 2.45) is 0 Å². The molecule has 1 aliphatic rings. The fourth-order valence-corrected chi connectivity index (χ4v) is 1.54. The summed E-state index contributed by atoms with van der Waals surface area (Å²) in [6, 6.07) is 5.58. The standard InChI is InChI=1S/C8H8O3S.C4H2O3.C3H4O2.Na/c1-2-7-3-5-8(6-4-7)12(9,10)11;5-3-1-2-4(6)7-3;1-2-3(4)5;/h2-6H,1H2,(H,9,10,11);1-2H;2H,1H2,(H,4,5);/q;;;+1/p-1. The average Bonchev–Trinajstić information content (AvgIpc) is 2.91. The van der Waals surface area contributed by atoms with Crippen LogP contribution in [-0.4, -0.2) is 36.0 Å². The van der Waals surface area contributed by atoms with Crippen LogP contribution in [0.1, 0.15) is 5.56 Å². The summed E-state index contributed by atoms with van der Waals surface area (Å²) < 4.78 is 35.3. The van der Waals surface area contributed by atoms with Crippen molar-refractivity contribution in [1.29, 1.82) is 0 Å². The number of ether oxygens (including phenoxy) is 1. The first-order chi connectivity index (χ1) is 11.1. The molecule has 0 radical (unpaired) electrons. The summed E-state index contributed by atoms with van der Waals surface area (Å²) in [4.78, 5) is 28.9. The van der Waals surface area contributed by atoms with Crippen LogP contribution in [0.5, 0.6) is 0 Å². The first-order valence-corrected chi connectivity index (χ1v) is 7.48. The molecule has 0 unspecified atom stereocenters. The number of carboxylic acid groups (broad SMARTS) is 1. The van der Waals surface area contributed by atoms with E-state index in [1.165, 1.54) is 24.3 Å². The van der Waals surface area contributed by atoms with Crippen LogP contribution in [0, 0.1) is 0 Å². The molecule has 0 saturated heterocycles. The number of rotatable bonds is 3. The van der Waals surface area contributed by atoms with E-state index in [2.05, 4.69) is 17.9 Å². The number of carboxylic acids is 1. The van der Waals surface area contributed by atoms with E-state index in [4.69, 9.17) is 5.11 Å². The van der Waals surface area contributed by atoms with Crippen molar-refractivity contribution in [2.45, 2.75) is 4.90 Å². The van der Waals surface area contributed by atoms with Gasteiger partial charge in [0.25, 0.3) is 0 Å². The predicted molar refractivity (Wildman–Crippen MR) is 82.6 cm³/mol. The largest absolute Gasteiger partial charge is 1.00 e. The van der Waals surface area contributed by atoms with Crippen LogP contribution in [-0.2, 0) is 29.2 Å². The number of cyclic esters (lactones) is 2. The molecule has 2 rings (SSSR count).